The normalized spacial score (nSPS) is 11.3. The summed E-state index contributed by atoms with van der Waals surface area (Å²) in [6, 6.07) is 20.3. The fourth-order valence-corrected chi connectivity index (χ4v) is 3.39. The lowest BCUT2D eigenvalue weighted by Crippen LogP contribution is -2.24. The van der Waals surface area contributed by atoms with Gasteiger partial charge in [0.05, 0.1) is 5.52 Å². The molecule has 0 radical (unpaired) electrons. The van der Waals surface area contributed by atoms with E-state index in [1.165, 1.54) is 23.1 Å². The van der Waals surface area contributed by atoms with E-state index in [1.54, 1.807) is 6.07 Å². The third-order valence-electron chi connectivity index (χ3n) is 4.93. The summed E-state index contributed by atoms with van der Waals surface area (Å²) in [5.41, 5.74) is 2.29. The zero-order valence-corrected chi connectivity index (χ0v) is 16.2. The van der Waals surface area contributed by atoms with Crippen molar-refractivity contribution in [1.82, 2.24) is 9.63 Å². The van der Waals surface area contributed by atoms with Crippen LogP contribution in [0.1, 0.15) is 38.2 Å². The summed E-state index contributed by atoms with van der Waals surface area (Å²) in [7, 11) is 0. The quantitative estimate of drug-likeness (QED) is 0.493. The lowest BCUT2D eigenvalue weighted by Gasteiger charge is -2.20. The molecule has 4 nitrogen and oxygen atoms in total. The van der Waals surface area contributed by atoms with Gasteiger partial charge in [-0.2, -0.15) is 0 Å². The Bertz CT molecular complexity index is 814. The molecule has 3 aromatic rings. The van der Waals surface area contributed by atoms with Crippen molar-refractivity contribution in [3.8, 4) is 5.88 Å². The van der Waals surface area contributed by atoms with E-state index in [0.717, 1.165) is 43.4 Å². The van der Waals surface area contributed by atoms with Gasteiger partial charge in [0.15, 0.2) is 0 Å². The molecule has 0 spiro atoms. The standard InChI is InChI=1S/C23H30N2O2/c1-2-24(19-20-12-6-5-7-13-20)16-10-3-4-11-17-27-25-22-15-9-8-14-21(22)18-23(25)26/h5-9,12-15,18,26H,2-4,10-11,16-17,19H2,1H3. The van der Waals surface area contributed by atoms with Gasteiger partial charge in [0.2, 0.25) is 5.88 Å². The van der Waals surface area contributed by atoms with Crippen LogP contribution < -0.4 is 4.84 Å². The SMILES string of the molecule is CCN(CCCCCCOn1c(O)cc2ccccc21)Cc1ccccc1. The molecule has 0 aliphatic rings. The molecule has 4 heteroatoms. The highest BCUT2D eigenvalue weighted by atomic mass is 16.7. The van der Waals surface area contributed by atoms with Gasteiger partial charge >= 0.3 is 0 Å². The molecule has 0 saturated heterocycles. The lowest BCUT2D eigenvalue weighted by molar-refractivity contribution is 0.0978. The van der Waals surface area contributed by atoms with E-state index in [0.29, 0.717) is 6.61 Å². The molecule has 144 valence electrons. The Morgan fingerprint density at radius 2 is 1.67 bits per heavy atom. The number of aromatic nitrogens is 1. The summed E-state index contributed by atoms with van der Waals surface area (Å²) in [5, 5.41) is 11.0. The van der Waals surface area contributed by atoms with E-state index in [4.69, 9.17) is 4.84 Å². The summed E-state index contributed by atoms with van der Waals surface area (Å²) in [6.07, 6.45) is 4.55. The second-order valence-electron chi connectivity index (χ2n) is 6.96. The van der Waals surface area contributed by atoms with Crippen molar-refractivity contribution >= 4 is 10.9 Å². The minimum absolute atomic E-state index is 0.163. The molecular formula is C23H30N2O2. The van der Waals surface area contributed by atoms with E-state index in [2.05, 4.69) is 42.2 Å². The van der Waals surface area contributed by atoms with Crippen LogP contribution in [-0.4, -0.2) is 34.4 Å². The zero-order valence-electron chi connectivity index (χ0n) is 16.2. The first-order valence-corrected chi connectivity index (χ1v) is 9.97. The Hall–Kier alpha value is -2.46. The minimum Gasteiger partial charge on any atom is -0.492 e. The molecule has 3 rings (SSSR count). The van der Waals surface area contributed by atoms with Crippen LogP contribution in [0.5, 0.6) is 5.88 Å². The van der Waals surface area contributed by atoms with Crippen molar-refractivity contribution in [3.63, 3.8) is 0 Å². The van der Waals surface area contributed by atoms with Crippen LogP contribution in [0.25, 0.3) is 10.9 Å². The van der Waals surface area contributed by atoms with Crippen LogP contribution in [0.15, 0.2) is 60.7 Å². The summed E-state index contributed by atoms with van der Waals surface area (Å²) in [6.45, 7) is 6.09. The Morgan fingerprint density at radius 1 is 0.926 bits per heavy atom. The maximum absolute atomic E-state index is 10.0. The molecule has 0 saturated carbocycles. The number of fused-ring (bicyclic) bond motifs is 1. The monoisotopic (exact) mass is 366 g/mol. The van der Waals surface area contributed by atoms with Crippen LogP contribution in [0.3, 0.4) is 0 Å². The zero-order chi connectivity index (χ0) is 18.9. The van der Waals surface area contributed by atoms with Gasteiger partial charge in [-0.25, -0.2) is 0 Å². The van der Waals surface area contributed by atoms with Gasteiger partial charge in [-0.05, 0) is 44.0 Å². The van der Waals surface area contributed by atoms with Crippen molar-refractivity contribution in [2.24, 2.45) is 0 Å². The number of aromatic hydroxyl groups is 1. The molecule has 0 unspecified atom stereocenters. The van der Waals surface area contributed by atoms with Crippen LogP contribution >= 0.6 is 0 Å². The Labute approximate surface area is 161 Å². The molecule has 1 aromatic heterocycles. The molecule has 0 atom stereocenters. The Kier molecular flexibility index (Phi) is 7.17. The largest absolute Gasteiger partial charge is 0.492 e. The van der Waals surface area contributed by atoms with Gasteiger partial charge in [0.1, 0.15) is 6.61 Å². The van der Waals surface area contributed by atoms with Crippen LogP contribution in [-0.2, 0) is 6.54 Å². The van der Waals surface area contributed by atoms with Crippen molar-refractivity contribution in [3.05, 3.63) is 66.2 Å². The highest BCUT2D eigenvalue weighted by molar-refractivity contribution is 5.81. The Balaban J connectivity index is 1.33. The van der Waals surface area contributed by atoms with Crippen molar-refractivity contribution in [2.75, 3.05) is 19.7 Å². The number of rotatable bonds is 11. The lowest BCUT2D eigenvalue weighted by atomic mass is 10.1. The number of unbranched alkanes of at least 4 members (excludes halogenated alkanes) is 3. The van der Waals surface area contributed by atoms with Crippen molar-refractivity contribution in [1.29, 1.82) is 0 Å². The third kappa shape index (κ3) is 5.51. The molecule has 0 bridgehead atoms. The van der Waals surface area contributed by atoms with Gasteiger partial charge in [-0.15, -0.1) is 4.73 Å². The fraction of sp³-hybridized carbons (Fsp3) is 0.391. The maximum atomic E-state index is 10.0. The minimum atomic E-state index is 0.163. The molecule has 1 heterocycles. The maximum Gasteiger partial charge on any atom is 0.226 e. The predicted molar refractivity (Wildman–Crippen MR) is 111 cm³/mol. The highest BCUT2D eigenvalue weighted by Gasteiger charge is 2.08. The van der Waals surface area contributed by atoms with Gasteiger partial charge in [-0.1, -0.05) is 61.9 Å². The number of hydrogen-bond donors (Lipinski definition) is 1. The first-order valence-electron chi connectivity index (χ1n) is 9.97. The van der Waals surface area contributed by atoms with E-state index < -0.39 is 0 Å². The van der Waals surface area contributed by atoms with Crippen molar-refractivity contribution < 1.29 is 9.94 Å². The summed E-state index contributed by atoms with van der Waals surface area (Å²) in [5.74, 6) is 0.163. The van der Waals surface area contributed by atoms with Gasteiger partial charge in [0, 0.05) is 18.0 Å². The summed E-state index contributed by atoms with van der Waals surface area (Å²) >= 11 is 0. The first-order chi connectivity index (χ1) is 13.3. The summed E-state index contributed by atoms with van der Waals surface area (Å²) in [4.78, 5) is 8.27. The second-order valence-corrected chi connectivity index (χ2v) is 6.96. The van der Waals surface area contributed by atoms with Crippen molar-refractivity contribution in [2.45, 2.75) is 39.2 Å². The molecule has 1 N–H and O–H groups in total. The molecular weight excluding hydrogens is 336 g/mol. The van der Waals surface area contributed by atoms with E-state index in [9.17, 15) is 5.11 Å². The molecule has 0 aliphatic carbocycles. The number of para-hydroxylation sites is 1. The van der Waals surface area contributed by atoms with Crippen LogP contribution in [0.4, 0.5) is 0 Å². The van der Waals surface area contributed by atoms with Gasteiger partial charge in [0.25, 0.3) is 0 Å². The van der Waals surface area contributed by atoms with E-state index in [1.807, 2.05) is 24.3 Å². The predicted octanol–water partition coefficient (Wildman–Crippen LogP) is 4.86. The number of hydrogen-bond acceptors (Lipinski definition) is 3. The number of benzene rings is 2. The van der Waals surface area contributed by atoms with Crippen LogP contribution in [0, 0.1) is 0 Å². The summed E-state index contributed by atoms with van der Waals surface area (Å²) < 4.78 is 1.54. The van der Waals surface area contributed by atoms with Crippen LogP contribution in [0.2, 0.25) is 0 Å². The molecule has 2 aromatic carbocycles. The van der Waals surface area contributed by atoms with Gasteiger partial charge in [-0.3, -0.25) is 4.90 Å². The smallest absolute Gasteiger partial charge is 0.226 e. The highest BCUT2D eigenvalue weighted by Crippen LogP contribution is 2.22. The molecule has 0 fully saturated rings. The topological polar surface area (TPSA) is 37.6 Å². The molecule has 27 heavy (non-hydrogen) atoms. The van der Waals surface area contributed by atoms with Gasteiger partial charge < -0.3 is 9.94 Å². The molecule has 0 amide bonds. The first kappa shape index (κ1) is 19.3. The third-order valence-corrected chi connectivity index (χ3v) is 4.93. The average Bonchev–Trinajstić information content (AvgIpc) is 3.02. The molecule has 0 aliphatic heterocycles. The number of nitrogens with zero attached hydrogens (tertiary/aromatic N) is 2. The van der Waals surface area contributed by atoms with E-state index >= 15 is 0 Å². The fourth-order valence-electron chi connectivity index (χ4n) is 3.39. The Morgan fingerprint density at radius 3 is 2.48 bits per heavy atom. The average molecular weight is 367 g/mol. The second kappa shape index (κ2) is 10.0. The van der Waals surface area contributed by atoms with E-state index in [-0.39, 0.29) is 5.88 Å².